The second kappa shape index (κ2) is 7.56. The van der Waals surface area contributed by atoms with Crippen molar-refractivity contribution in [1.29, 1.82) is 0 Å². The summed E-state index contributed by atoms with van der Waals surface area (Å²) in [6.45, 7) is 1.84. The van der Waals surface area contributed by atoms with Crippen LogP contribution in [0.4, 0.5) is 5.82 Å². The SMILES string of the molecule is Cc1nn(-c2ccccc2)c(N=CN(C)C)c1SN1C(=O)c2ccccc2C1=O. The molecule has 0 radical (unpaired) electrons. The van der Waals surface area contributed by atoms with Crippen molar-refractivity contribution in [2.45, 2.75) is 11.8 Å². The van der Waals surface area contributed by atoms with E-state index in [1.54, 1.807) is 35.3 Å². The maximum Gasteiger partial charge on any atom is 0.272 e. The fourth-order valence-corrected chi connectivity index (χ4v) is 3.92. The number of fused-ring (bicyclic) bond motifs is 1. The molecule has 0 atom stereocenters. The average molecular weight is 405 g/mol. The molecule has 2 amide bonds. The van der Waals surface area contributed by atoms with Crippen LogP contribution in [0.15, 0.2) is 64.5 Å². The number of rotatable bonds is 5. The van der Waals surface area contributed by atoms with E-state index in [4.69, 9.17) is 0 Å². The van der Waals surface area contributed by atoms with Gasteiger partial charge in [-0.25, -0.2) is 14.0 Å². The van der Waals surface area contributed by atoms with Gasteiger partial charge in [-0.1, -0.05) is 30.3 Å². The average Bonchev–Trinajstić information content (AvgIpc) is 3.17. The monoisotopic (exact) mass is 405 g/mol. The van der Waals surface area contributed by atoms with E-state index < -0.39 is 0 Å². The summed E-state index contributed by atoms with van der Waals surface area (Å²) < 4.78 is 2.90. The van der Waals surface area contributed by atoms with E-state index in [1.165, 1.54) is 4.31 Å². The molecule has 0 spiro atoms. The number of aromatic nitrogens is 2. The van der Waals surface area contributed by atoms with Gasteiger partial charge >= 0.3 is 0 Å². The second-order valence-corrected chi connectivity index (χ2v) is 7.69. The highest BCUT2D eigenvalue weighted by atomic mass is 32.2. The van der Waals surface area contributed by atoms with Crippen LogP contribution in [-0.2, 0) is 0 Å². The number of carbonyl (C=O) groups is 2. The summed E-state index contributed by atoms with van der Waals surface area (Å²) in [5.41, 5.74) is 2.35. The van der Waals surface area contributed by atoms with Crippen LogP contribution in [-0.4, -0.2) is 51.2 Å². The second-order valence-electron chi connectivity index (χ2n) is 6.74. The fourth-order valence-electron chi connectivity index (χ4n) is 2.98. The summed E-state index contributed by atoms with van der Waals surface area (Å²) in [4.78, 5) is 32.6. The first-order valence-corrected chi connectivity index (χ1v) is 9.76. The Hall–Kier alpha value is -3.39. The summed E-state index contributed by atoms with van der Waals surface area (Å²) in [6.07, 6.45) is 1.67. The van der Waals surface area contributed by atoms with E-state index in [9.17, 15) is 9.59 Å². The number of hydrogen-bond donors (Lipinski definition) is 0. The van der Waals surface area contributed by atoms with Gasteiger partial charge in [-0.3, -0.25) is 9.59 Å². The van der Waals surface area contributed by atoms with Gasteiger partial charge in [0.05, 0.1) is 33.7 Å². The fraction of sp³-hybridized carbons (Fsp3) is 0.143. The smallest absolute Gasteiger partial charge is 0.272 e. The maximum absolute atomic E-state index is 12.8. The molecule has 1 aromatic heterocycles. The minimum atomic E-state index is -0.329. The predicted molar refractivity (Wildman–Crippen MR) is 113 cm³/mol. The topological polar surface area (TPSA) is 70.8 Å². The van der Waals surface area contributed by atoms with Gasteiger partial charge in [0.25, 0.3) is 11.8 Å². The van der Waals surface area contributed by atoms with Crippen LogP contribution in [0.2, 0.25) is 0 Å². The van der Waals surface area contributed by atoms with Crippen molar-refractivity contribution in [1.82, 2.24) is 19.0 Å². The van der Waals surface area contributed by atoms with Crippen molar-refractivity contribution in [2.24, 2.45) is 4.99 Å². The van der Waals surface area contributed by atoms with Gasteiger partial charge in [0, 0.05) is 26.0 Å². The van der Waals surface area contributed by atoms with Crippen LogP contribution in [0.3, 0.4) is 0 Å². The molecule has 2 heterocycles. The molecule has 0 saturated heterocycles. The van der Waals surface area contributed by atoms with E-state index in [0.717, 1.165) is 17.6 Å². The Bertz CT molecular complexity index is 1090. The molecule has 2 aromatic carbocycles. The molecule has 0 unspecified atom stereocenters. The molecular weight excluding hydrogens is 386 g/mol. The molecule has 0 aliphatic carbocycles. The standard InChI is InChI=1S/C21H19N5O2S/c1-14-18(29-26-20(27)16-11-7-8-12-17(16)21(26)28)19(22-13-24(2)3)25(23-14)15-9-5-4-6-10-15/h4-13H,1-3H3. The molecule has 1 aliphatic heterocycles. The van der Waals surface area contributed by atoms with Gasteiger partial charge < -0.3 is 4.90 Å². The van der Waals surface area contributed by atoms with E-state index >= 15 is 0 Å². The molecule has 146 valence electrons. The number of imide groups is 1. The zero-order chi connectivity index (χ0) is 20.5. The number of aliphatic imine (C=N–C) groups is 1. The minimum absolute atomic E-state index is 0.329. The first kappa shape index (κ1) is 18.9. The van der Waals surface area contributed by atoms with Gasteiger partial charge in [-0.05, 0) is 31.2 Å². The van der Waals surface area contributed by atoms with E-state index in [0.29, 0.717) is 27.5 Å². The number of carbonyl (C=O) groups excluding carboxylic acids is 2. The number of amides is 2. The molecule has 0 N–H and O–H groups in total. The van der Waals surface area contributed by atoms with E-state index in [1.807, 2.05) is 56.3 Å². The Kier molecular flexibility index (Phi) is 4.94. The Morgan fingerprint density at radius 2 is 1.55 bits per heavy atom. The van der Waals surface area contributed by atoms with Crippen LogP contribution in [0, 0.1) is 6.92 Å². The van der Waals surface area contributed by atoms with Crippen molar-refractivity contribution >= 4 is 35.9 Å². The lowest BCUT2D eigenvalue weighted by molar-refractivity contribution is 0.0777. The Morgan fingerprint density at radius 3 is 2.14 bits per heavy atom. The highest BCUT2D eigenvalue weighted by molar-refractivity contribution is 7.98. The van der Waals surface area contributed by atoms with Crippen molar-refractivity contribution in [3.63, 3.8) is 0 Å². The summed E-state index contributed by atoms with van der Waals surface area (Å²) in [5, 5.41) is 4.61. The molecule has 0 fully saturated rings. The quantitative estimate of drug-likeness (QED) is 0.280. The maximum atomic E-state index is 12.8. The normalized spacial score (nSPS) is 13.4. The van der Waals surface area contributed by atoms with E-state index in [2.05, 4.69) is 10.1 Å². The molecule has 8 heteroatoms. The van der Waals surface area contributed by atoms with Crippen molar-refractivity contribution in [3.8, 4) is 5.69 Å². The van der Waals surface area contributed by atoms with Crippen molar-refractivity contribution in [3.05, 3.63) is 71.4 Å². The lowest BCUT2D eigenvalue weighted by Crippen LogP contribution is -2.22. The summed E-state index contributed by atoms with van der Waals surface area (Å²) in [5.74, 6) is -0.0982. The van der Waals surface area contributed by atoms with Gasteiger partial charge in [0.1, 0.15) is 0 Å². The molecule has 3 aromatic rings. The van der Waals surface area contributed by atoms with Gasteiger partial charge in [0.2, 0.25) is 0 Å². The number of aryl methyl sites for hydroxylation is 1. The number of para-hydroxylation sites is 1. The summed E-state index contributed by atoms with van der Waals surface area (Å²) in [6, 6.07) is 16.5. The highest BCUT2D eigenvalue weighted by Crippen LogP contribution is 2.40. The lowest BCUT2D eigenvalue weighted by atomic mass is 10.1. The third-order valence-electron chi connectivity index (χ3n) is 4.33. The number of benzene rings is 2. The van der Waals surface area contributed by atoms with Crippen LogP contribution < -0.4 is 0 Å². The minimum Gasteiger partial charge on any atom is -0.369 e. The van der Waals surface area contributed by atoms with Crippen LogP contribution in [0.1, 0.15) is 26.4 Å². The zero-order valence-corrected chi connectivity index (χ0v) is 17.1. The van der Waals surface area contributed by atoms with Crippen LogP contribution >= 0.6 is 11.9 Å². The summed E-state index contributed by atoms with van der Waals surface area (Å²) in [7, 11) is 3.74. The number of nitrogens with zero attached hydrogens (tertiary/aromatic N) is 5. The van der Waals surface area contributed by atoms with E-state index in [-0.39, 0.29) is 11.8 Å². The third kappa shape index (κ3) is 3.42. The molecule has 7 nitrogen and oxygen atoms in total. The largest absolute Gasteiger partial charge is 0.369 e. The Morgan fingerprint density at radius 1 is 0.966 bits per heavy atom. The van der Waals surface area contributed by atoms with Crippen LogP contribution in [0.5, 0.6) is 0 Å². The zero-order valence-electron chi connectivity index (χ0n) is 16.2. The van der Waals surface area contributed by atoms with Crippen molar-refractivity contribution in [2.75, 3.05) is 14.1 Å². The molecule has 1 aliphatic rings. The third-order valence-corrected chi connectivity index (χ3v) is 5.51. The molecule has 29 heavy (non-hydrogen) atoms. The lowest BCUT2D eigenvalue weighted by Gasteiger charge is -2.13. The van der Waals surface area contributed by atoms with Crippen LogP contribution in [0.25, 0.3) is 5.69 Å². The van der Waals surface area contributed by atoms with Gasteiger partial charge in [-0.2, -0.15) is 5.10 Å². The van der Waals surface area contributed by atoms with Gasteiger partial charge in [-0.15, -0.1) is 0 Å². The molecule has 0 bridgehead atoms. The molecular formula is C21H19N5O2S. The first-order valence-electron chi connectivity index (χ1n) is 8.99. The Balaban J connectivity index is 1.77. The molecule has 0 saturated carbocycles. The Labute approximate surface area is 172 Å². The van der Waals surface area contributed by atoms with Gasteiger partial charge in [0.15, 0.2) is 5.82 Å². The highest BCUT2D eigenvalue weighted by Gasteiger charge is 2.37. The summed E-state index contributed by atoms with van der Waals surface area (Å²) >= 11 is 1.06. The predicted octanol–water partition coefficient (Wildman–Crippen LogP) is 3.71. The number of hydrogen-bond acceptors (Lipinski definition) is 5. The van der Waals surface area contributed by atoms with Crippen molar-refractivity contribution < 1.29 is 9.59 Å². The first-order chi connectivity index (χ1) is 14.0. The molecule has 4 rings (SSSR count).